The van der Waals surface area contributed by atoms with Crippen molar-refractivity contribution in [1.29, 1.82) is 0 Å². The quantitative estimate of drug-likeness (QED) is 0.308. The Balaban J connectivity index is 1.61. The summed E-state index contributed by atoms with van der Waals surface area (Å²) in [4.78, 5) is 24.9. The van der Waals surface area contributed by atoms with E-state index < -0.39 is 18.0 Å². The third-order valence-corrected chi connectivity index (χ3v) is 5.70. The molecule has 0 saturated heterocycles. The molecule has 3 aromatic carbocycles. The van der Waals surface area contributed by atoms with Gasteiger partial charge in [0.15, 0.2) is 0 Å². The van der Waals surface area contributed by atoms with Crippen molar-refractivity contribution in [3.05, 3.63) is 108 Å². The van der Waals surface area contributed by atoms with E-state index in [0.717, 1.165) is 29.4 Å². The number of nitrogens with one attached hydrogen (secondary N) is 1. The van der Waals surface area contributed by atoms with Crippen LogP contribution in [0.15, 0.2) is 91.0 Å². The van der Waals surface area contributed by atoms with E-state index in [0.29, 0.717) is 26.1 Å². The number of hydrogen-bond donors (Lipinski definition) is 2. The molecule has 0 aliphatic heterocycles. The molecule has 3 N–H and O–H groups in total. The second-order valence-electron chi connectivity index (χ2n) is 8.15. The molecule has 0 fully saturated rings. The first kappa shape index (κ1) is 24.4. The van der Waals surface area contributed by atoms with Gasteiger partial charge in [-0.3, -0.25) is 4.79 Å². The lowest BCUT2D eigenvalue weighted by Gasteiger charge is -2.26. The van der Waals surface area contributed by atoms with E-state index in [9.17, 15) is 9.59 Å². The van der Waals surface area contributed by atoms with Crippen molar-refractivity contribution in [2.45, 2.75) is 43.9 Å². The van der Waals surface area contributed by atoms with Gasteiger partial charge in [-0.05, 0) is 36.0 Å². The summed E-state index contributed by atoms with van der Waals surface area (Å²) in [5.41, 5.74) is 9.27. The summed E-state index contributed by atoms with van der Waals surface area (Å²) < 4.78 is 5.83. The molecule has 5 nitrogen and oxygen atoms in total. The predicted molar refractivity (Wildman–Crippen MR) is 131 cm³/mol. The highest BCUT2D eigenvalue weighted by Crippen LogP contribution is 2.20. The van der Waals surface area contributed by atoms with Crippen molar-refractivity contribution < 1.29 is 14.3 Å². The SMILES string of the molecule is NC(CCc1ccccc1)C(=O)NC(CCOCc1ccccc1)C(C=O)c1ccccc1. The van der Waals surface area contributed by atoms with Crippen molar-refractivity contribution in [3.63, 3.8) is 0 Å². The standard InChI is InChI=1S/C28H32N2O3/c29-26(17-16-22-10-4-1-5-11-22)28(32)30-27(25(20-31)24-14-8-3-9-15-24)18-19-33-21-23-12-6-2-7-13-23/h1-15,20,25-27H,16-19,21,29H2,(H,30,32). The zero-order valence-electron chi connectivity index (χ0n) is 18.8. The number of hydrogen-bond acceptors (Lipinski definition) is 4. The van der Waals surface area contributed by atoms with Crippen LogP contribution < -0.4 is 11.1 Å². The number of aldehydes is 1. The highest BCUT2D eigenvalue weighted by Gasteiger charge is 2.26. The molecule has 33 heavy (non-hydrogen) atoms. The Hall–Kier alpha value is -3.28. The van der Waals surface area contributed by atoms with Crippen LogP contribution in [0.4, 0.5) is 0 Å². The molecule has 0 aromatic heterocycles. The Bertz CT molecular complexity index is 964. The van der Waals surface area contributed by atoms with Gasteiger partial charge in [-0.15, -0.1) is 0 Å². The van der Waals surface area contributed by atoms with Crippen molar-refractivity contribution in [3.8, 4) is 0 Å². The Labute approximate surface area is 196 Å². The lowest BCUT2D eigenvalue weighted by Crippen LogP contribution is -2.48. The summed E-state index contributed by atoms with van der Waals surface area (Å²) in [6.45, 7) is 0.894. The fraction of sp³-hybridized carbons (Fsp3) is 0.286. The topological polar surface area (TPSA) is 81.4 Å². The van der Waals surface area contributed by atoms with Gasteiger partial charge < -0.3 is 20.6 Å². The van der Waals surface area contributed by atoms with Gasteiger partial charge >= 0.3 is 0 Å². The molecule has 3 aromatic rings. The Morgan fingerprint density at radius 3 is 2.03 bits per heavy atom. The van der Waals surface area contributed by atoms with E-state index in [1.165, 1.54) is 0 Å². The first-order valence-corrected chi connectivity index (χ1v) is 11.4. The van der Waals surface area contributed by atoms with Crippen LogP contribution in [-0.4, -0.2) is 30.9 Å². The Kier molecular flexibility index (Phi) is 9.83. The molecular weight excluding hydrogens is 412 g/mol. The second-order valence-corrected chi connectivity index (χ2v) is 8.15. The van der Waals surface area contributed by atoms with Gasteiger partial charge in [0, 0.05) is 12.6 Å². The second kappa shape index (κ2) is 13.3. The molecule has 0 bridgehead atoms. The van der Waals surface area contributed by atoms with Gasteiger partial charge in [0.05, 0.1) is 18.6 Å². The fourth-order valence-electron chi connectivity index (χ4n) is 3.78. The molecule has 5 heteroatoms. The average molecular weight is 445 g/mol. The number of aryl methyl sites for hydroxylation is 1. The molecule has 1 amide bonds. The molecule has 0 spiro atoms. The van der Waals surface area contributed by atoms with Gasteiger partial charge in [-0.2, -0.15) is 0 Å². The normalized spacial score (nSPS) is 13.6. The minimum atomic E-state index is -0.652. The first-order chi connectivity index (χ1) is 16.2. The van der Waals surface area contributed by atoms with Gasteiger partial charge in [-0.25, -0.2) is 0 Å². The van der Waals surface area contributed by atoms with E-state index in [2.05, 4.69) is 5.32 Å². The van der Waals surface area contributed by atoms with Crippen LogP contribution in [0.2, 0.25) is 0 Å². The summed E-state index contributed by atoms with van der Waals surface area (Å²) in [5, 5.41) is 3.03. The largest absolute Gasteiger partial charge is 0.377 e. The zero-order chi connectivity index (χ0) is 23.3. The van der Waals surface area contributed by atoms with Crippen LogP contribution in [0.5, 0.6) is 0 Å². The lowest BCUT2D eigenvalue weighted by atomic mass is 9.90. The third-order valence-electron chi connectivity index (χ3n) is 5.70. The molecule has 0 saturated carbocycles. The predicted octanol–water partition coefficient (Wildman–Crippen LogP) is 4.02. The van der Waals surface area contributed by atoms with E-state index in [1.807, 2.05) is 91.0 Å². The van der Waals surface area contributed by atoms with Crippen LogP contribution in [0.3, 0.4) is 0 Å². The molecule has 3 rings (SSSR count). The summed E-state index contributed by atoms with van der Waals surface area (Å²) in [6.07, 6.45) is 2.65. The Morgan fingerprint density at radius 2 is 1.42 bits per heavy atom. The number of amides is 1. The highest BCUT2D eigenvalue weighted by atomic mass is 16.5. The smallest absolute Gasteiger partial charge is 0.237 e. The minimum absolute atomic E-state index is 0.248. The van der Waals surface area contributed by atoms with Gasteiger partial charge in [-0.1, -0.05) is 91.0 Å². The molecule has 3 unspecified atom stereocenters. The van der Waals surface area contributed by atoms with Crippen molar-refractivity contribution in [2.75, 3.05) is 6.61 Å². The van der Waals surface area contributed by atoms with Crippen molar-refractivity contribution >= 4 is 12.2 Å². The first-order valence-electron chi connectivity index (χ1n) is 11.4. The van der Waals surface area contributed by atoms with Gasteiger partial charge in [0.2, 0.25) is 5.91 Å². The number of carbonyl (C=O) groups excluding carboxylic acids is 2. The van der Waals surface area contributed by atoms with Gasteiger partial charge in [0.25, 0.3) is 0 Å². The van der Waals surface area contributed by atoms with Crippen molar-refractivity contribution in [1.82, 2.24) is 5.32 Å². The number of ether oxygens (including phenoxy) is 1. The van der Waals surface area contributed by atoms with Crippen LogP contribution >= 0.6 is 0 Å². The molecule has 0 aliphatic carbocycles. The molecule has 0 heterocycles. The number of rotatable bonds is 13. The van der Waals surface area contributed by atoms with E-state index >= 15 is 0 Å². The number of carbonyl (C=O) groups is 2. The molecule has 0 aliphatic rings. The number of benzene rings is 3. The van der Waals surface area contributed by atoms with Crippen LogP contribution in [0.25, 0.3) is 0 Å². The van der Waals surface area contributed by atoms with E-state index in [1.54, 1.807) is 0 Å². The molecule has 0 radical (unpaired) electrons. The summed E-state index contributed by atoms with van der Waals surface area (Å²) in [6, 6.07) is 28.3. The maximum Gasteiger partial charge on any atom is 0.237 e. The summed E-state index contributed by atoms with van der Waals surface area (Å²) in [5.74, 6) is -0.724. The average Bonchev–Trinajstić information content (AvgIpc) is 2.87. The third kappa shape index (κ3) is 7.97. The lowest BCUT2D eigenvalue weighted by molar-refractivity contribution is -0.123. The highest BCUT2D eigenvalue weighted by molar-refractivity contribution is 5.82. The maximum absolute atomic E-state index is 12.9. The molecular formula is C28H32N2O3. The van der Waals surface area contributed by atoms with Crippen LogP contribution in [0, 0.1) is 0 Å². The summed E-state index contributed by atoms with van der Waals surface area (Å²) in [7, 11) is 0. The van der Waals surface area contributed by atoms with Crippen molar-refractivity contribution in [2.24, 2.45) is 5.73 Å². The van der Waals surface area contributed by atoms with E-state index in [4.69, 9.17) is 10.5 Å². The monoisotopic (exact) mass is 444 g/mol. The fourth-order valence-corrected chi connectivity index (χ4v) is 3.78. The van der Waals surface area contributed by atoms with E-state index in [-0.39, 0.29) is 5.91 Å². The van der Waals surface area contributed by atoms with Crippen LogP contribution in [-0.2, 0) is 27.4 Å². The zero-order valence-corrected chi connectivity index (χ0v) is 18.8. The Morgan fingerprint density at radius 1 is 0.848 bits per heavy atom. The van der Waals surface area contributed by atoms with Gasteiger partial charge in [0.1, 0.15) is 6.29 Å². The maximum atomic E-state index is 12.9. The molecule has 172 valence electrons. The van der Waals surface area contributed by atoms with Crippen LogP contribution in [0.1, 0.15) is 35.4 Å². The summed E-state index contributed by atoms with van der Waals surface area (Å²) >= 11 is 0. The molecule has 3 atom stereocenters. The minimum Gasteiger partial charge on any atom is -0.377 e. The number of nitrogens with two attached hydrogens (primary N) is 1.